The van der Waals surface area contributed by atoms with Gasteiger partial charge in [0.05, 0.1) is 11.4 Å². The van der Waals surface area contributed by atoms with E-state index in [1.165, 1.54) is 4.52 Å². The van der Waals surface area contributed by atoms with Gasteiger partial charge in [-0.25, -0.2) is 9.50 Å². The van der Waals surface area contributed by atoms with E-state index in [2.05, 4.69) is 23.2 Å². The van der Waals surface area contributed by atoms with Gasteiger partial charge < -0.3 is 4.90 Å². The van der Waals surface area contributed by atoms with Gasteiger partial charge in [0.1, 0.15) is 0 Å². The Labute approximate surface area is 175 Å². The van der Waals surface area contributed by atoms with E-state index < -0.39 is 0 Å². The van der Waals surface area contributed by atoms with Crippen molar-refractivity contribution < 1.29 is 4.79 Å². The molecule has 3 aromatic heterocycles. The number of hydrogen-bond donors (Lipinski definition) is 1. The molecule has 1 aliphatic heterocycles. The number of aromatic amines is 1. The Morgan fingerprint density at radius 3 is 2.77 bits per heavy atom. The second kappa shape index (κ2) is 8.08. The molecule has 30 heavy (non-hydrogen) atoms. The fraction of sp³-hybridized carbons (Fsp3) is 0.545. The molecule has 0 spiro atoms. The first-order valence-electron chi connectivity index (χ1n) is 10.8. The zero-order valence-corrected chi connectivity index (χ0v) is 18.2. The van der Waals surface area contributed by atoms with E-state index in [0.29, 0.717) is 18.6 Å². The van der Waals surface area contributed by atoms with Gasteiger partial charge in [0.2, 0.25) is 5.91 Å². The molecule has 8 nitrogen and oxygen atoms in total. The first-order chi connectivity index (χ1) is 14.4. The molecule has 160 valence electrons. The molecule has 1 aliphatic rings. The fourth-order valence-electron chi connectivity index (χ4n) is 4.51. The minimum atomic E-state index is -0.0903. The Kier molecular flexibility index (Phi) is 5.49. The molecular weight excluding hydrogens is 380 g/mol. The predicted octanol–water partition coefficient (Wildman–Crippen LogP) is 2.50. The van der Waals surface area contributed by atoms with Gasteiger partial charge in [-0.15, -0.1) is 0 Å². The van der Waals surface area contributed by atoms with Gasteiger partial charge in [0.25, 0.3) is 5.56 Å². The first-order valence-corrected chi connectivity index (χ1v) is 10.8. The first kappa shape index (κ1) is 20.4. The van der Waals surface area contributed by atoms with Crippen LogP contribution in [0.3, 0.4) is 0 Å². The molecule has 3 aromatic rings. The number of likely N-dealkylation sites (tertiary alicyclic amines) is 1. The average Bonchev–Trinajstić information content (AvgIpc) is 3.39. The van der Waals surface area contributed by atoms with Crippen LogP contribution in [0.5, 0.6) is 0 Å². The number of amides is 1. The standard InChI is InChI=1S/C22H30N6O2/c1-5-18-16(4)25-28-21(30)12-19(23-22(18)28)17-8-10-26(13-17)20(29)7-6-9-27-15(3)11-14(2)24-27/h11-12,17,25H,5-10,13H2,1-4H3/t17-/m1/s1. The molecule has 0 saturated carbocycles. The number of carbonyl (C=O) groups excluding carboxylic acids is 1. The van der Waals surface area contributed by atoms with Crippen molar-refractivity contribution >= 4 is 11.6 Å². The van der Waals surface area contributed by atoms with Crippen LogP contribution in [-0.2, 0) is 17.8 Å². The zero-order chi connectivity index (χ0) is 21.4. The van der Waals surface area contributed by atoms with Gasteiger partial charge in [0, 0.05) is 55.0 Å². The minimum Gasteiger partial charge on any atom is -0.342 e. The van der Waals surface area contributed by atoms with Gasteiger partial charge >= 0.3 is 0 Å². The summed E-state index contributed by atoms with van der Waals surface area (Å²) in [6.45, 7) is 10.2. The number of rotatable bonds is 6. The van der Waals surface area contributed by atoms with Crippen molar-refractivity contribution in [1.29, 1.82) is 0 Å². The summed E-state index contributed by atoms with van der Waals surface area (Å²) >= 11 is 0. The number of carbonyl (C=O) groups is 1. The lowest BCUT2D eigenvalue weighted by Gasteiger charge is -2.16. The SMILES string of the molecule is CCc1c(C)[nH]n2c(=O)cc([C@@H]3CCN(C(=O)CCCn4nc(C)cc4C)C3)nc12. The quantitative estimate of drug-likeness (QED) is 0.676. The lowest BCUT2D eigenvalue weighted by molar-refractivity contribution is -0.130. The van der Waals surface area contributed by atoms with E-state index >= 15 is 0 Å². The third-order valence-corrected chi connectivity index (χ3v) is 6.12. The highest BCUT2D eigenvalue weighted by atomic mass is 16.2. The normalized spacial score (nSPS) is 16.7. The Balaban J connectivity index is 1.41. The number of aromatic nitrogens is 5. The van der Waals surface area contributed by atoms with Crippen LogP contribution < -0.4 is 5.56 Å². The van der Waals surface area contributed by atoms with Crippen molar-refractivity contribution in [3.8, 4) is 0 Å². The van der Waals surface area contributed by atoms with Crippen molar-refractivity contribution in [1.82, 2.24) is 29.3 Å². The molecular formula is C22H30N6O2. The summed E-state index contributed by atoms with van der Waals surface area (Å²) in [5.41, 5.74) is 5.60. The van der Waals surface area contributed by atoms with Gasteiger partial charge in [-0.1, -0.05) is 6.92 Å². The summed E-state index contributed by atoms with van der Waals surface area (Å²) in [6, 6.07) is 3.67. The number of nitrogens with one attached hydrogen (secondary N) is 1. The van der Waals surface area contributed by atoms with Crippen LogP contribution in [0.15, 0.2) is 16.9 Å². The molecule has 0 radical (unpaired) electrons. The average molecular weight is 411 g/mol. The number of nitrogens with zero attached hydrogens (tertiary/aromatic N) is 5. The van der Waals surface area contributed by atoms with Crippen molar-refractivity contribution in [2.45, 2.75) is 65.8 Å². The molecule has 0 aromatic carbocycles. The maximum absolute atomic E-state index is 12.7. The lowest BCUT2D eigenvalue weighted by atomic mass is 10.0. The second-order valence-corrected chi connectivity index (χ2v) is 8.33. The molecule has 1 N–H and O–H groups in total. The van der Waals surface area contributed by atoms with Crippen LogP contribution >= 0.6 is 0 Å². The molecule has 4 heterocycles. The van der Waals surface area contributed by atoms with Crippen molar-refractivity contribution in [2.75, 3.05) is 13.1 Å². The minimum absolute atomic E-state index is 0.0903. The highest BCUT2D eigenvalue weighted by molar-refractivity contribution is 5.76. The third kappa shape index (κ3) is 3.78. The summed E-state index contributed by atoms with van der Waals surface area (Å²) in [4.78, 5) is 32.0. The number of aryl methyl sites for hydroxylation is 5. The fourth-order valence-corrected chi connectivity index (χ4v) is 4.51. The predicted molar refractivity (Wildman–Crippen MR) is 115 cm³/mol. The van der Waals surface area contributed by atoms with E-state index in [0.717, 1.165) is 60.7 Å². The van der Waals surface area contributed by atoms with Crippen molar-refractivity contribution in [3.63, 3.8) is 0 Å². The molecule has 0 unspecified atom stereocenters. The molecule has 0 bridgehead atoms. The molecule has 4 rings (SSSR count). The van der Waals surface area contributed by atoms with Gasteiger partial charge in [-0.2, -0.15) is 5.10 Å². The van der Waals surface area contributed by atoms with E-state index in [1.54, 1.807) is 6.07 Å². The Bertz CT molecular complexity index is 1140. The topological polar surface area (TPSA) is 88.3 Å². The van der Waals surface area contributed by atoms with Crippen LogP contribution in [0, 0.1) is 20.8 Å². The molecule has 1 saturated heterocycles. The monoisotopic (exact) mass is 410 g/mol. The highest BCUT2D eigenvalue weighted by Crippen LogP contribution is 2.27. The van der Waals surface area contributed by atoms with Crippen LogP contribution in [-0.4, -0.2) is 48.3 Å². The second-order valence-electron chi connectivity index (χ2n) is 8.33. The Morgan fingerprint density at radius 2 is 2.07 bits per heavy atom. The summed E-state index contributed by atoms with van der Waals surface area (Å²) in [5.74, 6) is 0.283. The van der Waals surface area contributed by atoms with Gasteiger partial charge in [-0.3, -0.25) is 19.4 Å². The summed E-state index contributed by atoms with van der Waals surface area (Å²) in [6.07, 6.45) is 2.95. The molecule has 1 atom stereocenters. The maximum Gasteiger partial charge on any atom is 0.272 e. The molecule has 1 amide bonds. The largest absolute Gasteiger partial charge is 0.342 e. The van der Waals surface area contributed by atoms with Gasteiger partial charge in [0.15, 0.2) is 5.65 Å². The number of H-pyrrole nitrogens is 1. The summed E-state index contributed by atoms with van der Waals surface area (Å²) in [5, 5.41) is 7.56. The van der Waals surface area contributed by atoms with Crippen LogP contribution in [0.2, 0.25) is 0 Å². The van der Waals surface area contributed by atoms with E-state index in [1.807, 2.05) is 30.4 Å². The Morgan fingerprint density at radius 1 is 1.27 bits per heavy atom. The van der Waals surface area contributed by atoms with Crippen LogP contribution in [0.4, 0.5) is 0 Å². The summed E-state index contributed by atoms with van der Waals surface area (Å²) in [7, 11) is 0. The maximum atomic E-state index is 12.7. The molecule has 8 heteroatoms. The van der Waals surface area contributed by atoms with Crippen LogP contribution in [0.1, 0.15) is 60.4 Å². The van der Waals surface area contributed by atoms with Crippen molar-refractivity contribution in [3.05, 3.63) is 50.8 Å². The highest BCUT2D eigenvalue weighted by Gasteiger charge is 2.29. The van der Waals surface area contributed by atoms with E-state index in [9.17, 15) is 9.59 Å². The summed E-state index contributed by atoms with van der Waals surface area (Å²) < 4.78 is 3.49. The van der Waals surface area contributed by atoms with Crippen molar-refractivity contribution in [2.24, 2.45) is 0 Å². The number of hydrogen-bond acceptors (Lipinski definition) is 4. The molecule has 1 fully saturated rings. The van der Waals surface area contributed by atoms with Crippen LogP contribution in [0.25, 0.3) is 5.65 Å². The Hall–Kier alpha value is -2.90. The van der Waals surface area contributed by atoms with Gasteiger partial charge in [-0.05, 0) is 46.1 Å². The van der Waals surface area contributed by atoms with E-state index in [4.69, 9.17) is 4.98 Å². The zero-order valence-electron chi connectivity index (χ0n) is 18.2. The third-order valence-electron chi connectivity index (χ3n) is 6.12. The molecule has 0 aliphatic carbocycles. The smallest absolute Gasteiger partial charge is 0.272 e. The number of fused-ring (bicyclic) bond motifs is 1. The lowest BCUT2D eigenvalue weighted by Crippen LogP contribution is -2.28. The van der Waals surface area contributed by atoms with E-state index in [-0.39, 0.29) is 17.4 Å².